The minimum absolute atomic E-state index is 0.171. The zero-order valence-electron chi connectivity index (χ0n) is 17.5. The summed E-state index contributed by atoms with van der Waals surface area (Å²) in [5.74, 6) is 2.74. The second-order valence-electron chi connectivity index (χ2n) is 8.30. The van der Waals surface area contributed by atoms with Crippen LogP contribution in [0.5, 0.6) is 0 Å². The van der Waals surface area contributed by atoms with E-state index in [4.69, 9.17) is 9.47 Å². The normalized spacial score (nSPS) is 26.9. The van der Waals surface area contributed by atoms with E-state index in [0.29, 0.717) is 29.6 Å². The molecule has 3 nitrogen and oxygen atoms in total. The molecular formula is C23H40O3. The van der Waals surface area contributed by atoms with Crippen LogP contribution in [-0.4, -0.2) is 31.2 Å². The summed E-state index contributed by atoms with van der Waals surface area (Å²) in [7, 11) is 1.59. The minimum atomic E-state index is -0.558. The average molecular weight is 365 g/mol. The highest BCUT2D eigenvalue weighted by atomic mass is 16.7. The van der Waals surface area contributed by atoms with Gasteiger partial charge in [0.15, 0.2) is 0 Å². The third-order valence-corrected chi connectivity index (χ3v) is 5.95. The Kier molecular flexibility index (Phi) is 10.4. The zero-order chi connectivity index (χ0) is 19.7. The van der Waals surface area contributed by atoms with Crippen molar-refractivity contribution >= 4 is 0 Å². The van der Waals surface area contributed by atoms with Crippen molar-refractivity contribution in [1.82, 2.24) is 0 Å². The Labute approximate surface area is 161 Å². The molecule has 0 aromatic rings. The molecule has 3 heteroatoms. The molecule has 1 rings (SSSR count). The van der Waals surface area contributed by atoms with E-state index in [0.717, 1.165) is 25.7 Å². The number of aliphatic hydroxyl groups excluding tert-OH is 1. The Balaban J connectivity index is 2.97. The van der Waals surface area contributed by atoms with E-state index >= 15 is 0 Å². The van der Waals surface area contributed by atoms with Gasteiger partial charge < -0.3 is 14.6 Å². The van der Waals surface area contributed by atoms with Crippen molar-refractivity contribution in [1.29, 1.82) is 0 Å². The van der Waals surface area contributed by atoms with Gasteiger partial charge in [-0.2, -0.15) is 0 Å². The van der Waals surface area contributed by atoms with Crippen molar-refractivity contribution in [2.75, 3.05) is 13.9 Å². The van der Waals surface area contributed by atoms with Crippen molar-refractivity contribution in [3.63, 3.8) is 0 Å². The maximum atomic E-state index is 10.8. The fourth-order valence-electron chi connectivity index (χ4n) is 4.46. The first kappa shape index (κ1) is 23.1. The molecule has 6 atom stereocenters. The molecule has 0 radical (unpaired) electrons. The Bertz CT molecular complexity index is 454. The highest BCUT2D eigenvalue weighted by Gasteiger charge is 2.37. The maximum Gasteiger partial charge on any atom is 0.147 e. The summed E-state index contributed by atoms with van der Waals surface area (Å²) >= 11 is 0. The monoisotopic (exact) mass is 364 g/mol. The number of ether oxygens (including phenoxy) is 2. The predicted molar refractivity (Wildman–Crippen MR) is 110 cm³/mol. The van der Waals surface area contributed by atoms with Crippen molar-refractivity contribution in [3.8, 4) is 0 Å². The molecule has 0 aliphatic heterocycles. The maximum absolute atomic E-state index is 10.8. The van der Waals surface area contributed by atoms with Gasteiger partial charge in [-0.15, -0.1) is 13.2 Å². The third-order valence-electron chi connectivity index (χ3n) is 5.95. The first-order valence-electron chi connectivity index (χ1n) is 10.0. The van der Waals surface area contributed by atoms with E-state index in [1.54, 1.807) is 13.2 Å². The number of aliphatic hydroxyl groups is 1. The van der Waals surface area contributed by atoms with Gasteiger partial charge in [-0.1, -0.05) is 44.6 Å². The molecule has 150 valence electrons. The van der Waals surface area contributed by atoms with Gasteiger partial charge in [-0.25, -0.2) is 0 Å². The van der Waals surface area contributed by atoms with Gasteiger partial charge in [0.25, 0.3) is 0 Å². The molecule has 26 heavy (non-hydrogen) atoms. The van der Waals surface area contributed by atoms with Crippen molar-refractivity contribution in [2.24, 2.45) is 29.6 Å². The lowest BCUT2D eigenvalue weighted by Crippen LogP contribution is -2.38. The molecule has 1 N–H and O–H groups in total. The number of allylic oxidation sites excluding steroid dienone is 3. The highest BCUT2D eigenvalue weighted by Crippen LogP contribution is 2.44. The van der Waals surface area contributed by atoms with Crippen molar-refractivity contribution < 1.29 is 14.6 Å². The number of hydrogen-bond acceptors (Lipinski definition) is 3. The van der Waals surface area contributed by atoms with E-state index in [9.17, 15) is 5.11 Å². The van der Waals surface area contributed by atoms with E-state index < -0.39 is 6.10 Å². The van der Waals surface area contributed by atoms with Crippen LogP contribution in [-0.2, 0) is 9.47 Å². The van der Waals surface area contributed by atoms with Gasteiger partial charge in [0, 0.05) is 7.11 Å². The van der Waals surface area contributed by atoms with E-state index in [2.05, 4.69) is 46.9 Å². The van der Waals surface area contributed by atoms with Crippen LogP contribution in [0, 0.1) is 29.6 Å². The lowest BCUT2D eigenvalue weighted by molar-refractivity contribution is -0.101. The lowest BCUT2D eigenvalue weighted by atomic mass is 9.64. The summed E-state index contributed by atoms with van der Waals surface area (Å²) in [5.41, 5.74) is 1.47. The zero-order valence-corrected chi connectivity index (χ0v) is 17.5. The van der Waals surface area contributed by atoms with E-state index in [1.165, 1.54) is 5.57 Å². The van der Waals surface area contributed by atoms with Crippen molar-refractivity contribution in [3.05, 3.63) is 37.0 Å². The predicted octanol–water partition coefficient (Wildman–Crippen LogP) is 5.37. The Morgan fingerprint density at radius 2 is 1.96 bits per heavy atom. The summed E-state index contributed by atoms with van der Waals surface area (Å²) in [4.78, 5) is 0. The third kappa shape index (κ3) is 6.68. The van der Waals surface area contributed by atoms with Gasteiger partial charge in [0.1, 0.15) is 12.9 Å². The summed E-state index contributed by atoms with van der Waals surface area (Å²) in [6.07, 6.45) is 9.20. The second kappa shape index (κ2) is 11.7. The summed E-state index contributed by atoms with van der Waals surface area (Å²) in [5, 5.41) is 10.8. The van der Waals surface area contributed by atoms with Gasteiger partial charge in [-0.3, -0.25) is 0 Å². The largest absolute Gasteiger partial charge is 0.390 e. The molecule has 0 bridgehead atoms. The molecule has 0 amide bonds. The number of methoxy groups -OCH3 is 1. The molecule has 1 unspecified atom stereocenters. The number of hydrogen-bond donors (Lipinski definition) is 1. The van der Waals surface area contributed by atoms with Gasteiger partial charge in [0.05, 0.1) is 6.10 Å². The molecule has 0 spiro atoms. The Morgan fingerprint density at radius 1 is 1.27 bits per heavy atom. The Morgan fingerprint density at radius 3 is 2.50 bits per heavy atom. The molecule has 0 aromatic heterocycles. The molecule has 1 aliphatic carbocycles. The SMILES string of the molecule is C=CCC(C)C[C@H]1C(C)=CC[C@H](C(C)C)[C@H]1C[C@H](O)[C@H](C=C)OCOC. The summed E-state index contributed by atoms with van der Waals surface area (Å²) in [6, 6.07) is 0. The fourth-order valence-corrected chi connectivity index (χ4v) is 4.46. The molecule has 0 aromatic carbocycles. The van der Waals surface area contributed by atoms with Gasteiger partial charge in [-0.05, 0) is 62.2 Å². The number of rotatable bonds is 12. The topological polar surface area (TPSA) is 38.7 Å². The average Bonchev–Trinajstić information content (AvgIpc) is 2.58. The van der Waals surface area contributed by atoms with Gasteiger partial charge in [0.2, 0.25) is 0 Å². The van der Waals surface area contributed by atoms with E-state index in [1.807, 2.05) is 6.08 Å². The van der Waals surface area contributed by atoms with Crippen molar-refractivity contribution in [2.45, 2.75) is 65.6 Å². The highest BCUT2D eigenvalue weighted by molar-refractivity contribution is 5.12. The van der Waals surface area contributed by atoms with Gasteiger partial charge >= 0.3 is 0 Å². The van der Waals surface area contributed by atoms with Crippen LogP contribution < -0.4 is 0 Å². The smallest absolute Gasteiger partial charge is 0.147 e. The second-order valence-corrected chi connectivity index (χ2v) is 8.30. The van der Waals surface area contributed by atoms with Crippen LogP contribution >= 0.6 is 0 Å². The standard InChI is InChI=1S/C23H40O3/c1-8-10-17(5)13-20-18(6)11-12-19(16(3)4)21(20)14-22(24)23(9-2)26-15-25-7/h8-9,11,16-17,19-24H,1-2,10,12-15H2,3-7H3/t17?,19-,20+,21-,22+,23+/m1/s1. The van der Waals surface area contributed by atoms with E-state index in [-0.39, 0.29) is 12.9 Å². The first-order chi connectivity index (χ1) is 12.3. The summed E-state index contributed by atoms with van der Waals surface area (Å²) < 4.78 is 10.6. The first-order valence-corrected chi connectivity index (χ1v) is 10.0. The molecule has 0 heterocycles. The fraction of sp³-hybridized carbons (Fsp3) is 0.739. The quantitative estimate of drug-likeness (QED) is 0.374. The molecule has 0 fully saturated rings. The van der Waals surface area contributed by atoms with Crippen LogP contribution in [0.25, 0.3) is 0 Å². The van der Waals surface area contributed by atoms with Crippen LogP contribution in [0.4, 0.5) is 0 Å². The molecule has 0 saturated carbocycles. The summed E-state index contributed by atoms with van der Waals surface area (Å²) in [6.45, 7) is 17.0. The molecule has 0 saturated heterocycles. The van der Waals surface area contributed by atoms with Crippen LogP contribution in [0.1, 0.15) is 53.4 Å². The van der Waals surface area contributed by atoms with Crippen LogP contribution in [0.15, 0.2) is 37.0 Å². The molecule has 1 aliphatic rings. The van der Waals surface area contributed by atoms with Crippen LogP contribution in [0.2, 0.25) is 0 Å². The lowest BCUT2D eigenvalue weighted by Gasteiger charge is -2.42. The minimum Gasteiger partial charge on any atom is -0.390 e. The molecular weight excluding hydrogens is 324 g/mol. The van der Waals surface area contributed by atoms with Crippen LogP contribution in [0.3, 0.4) is 0 Å². The Hall–Kier alpha value is -0.900.